The third kappa shape index (κ3) is 6.26. The van der Waals surface area contributed by atoms with Crippen molar-refractivity contribution in [3.05, 3.63) is 48.0 Å². The summed E-state index contributed by atoms with van der Waals surface area (Å²) in [5.74, 6) is -2.01. The normalized spacial score (nSPS) is 12.0. The smallest absolute Gasteiger partial charge is 0.326 e. The van der Waals surface area contributed by atoms with E-state index >= 15 is 0 Å². The molecule has 0 saturated heterocycles. The molecular weight excluding hydrogens is 360 g/mol. The van der Waals surface area contributed by atoms with Crippen molar-refractivity contribution >= 4 is 28.7 Å². The Morgan fingerprint density at radius 2 is 1.71 bits per heavy atom. The van der Waals surface area contributed by atoms with Gasteiger partial charge in [-0.2, -0.15) is 0 Å². The number of urea groups is 1. The fourth-order valence-electron chi connectivity index (χ4n) is 2.99. The van der Waals surface area contributed by atoms with E-state index in [0.29, 0.717) is 6.54 Å². The number of nitrogens with zero attached hydrogens (tertiary/aromatic N) is 1. The number of aliphatic carboxylic acids is 2. The van der Waals surface area contributed by atoms with Gasteiger partial charge in [0.15, 0.2) is 0 Å². The second-order valence-corrected chi connectivity index (χ2v) is 7.21. The van der Waals surface area contributed by atoms with E-state index < -0.39 is 24.0 Å². The van der Waals surface area contributed by atoms with E-state index in [2.05, 4.69) is 5.32 Å². The van der Waals surface area contributed by atoms with Crippen LogP contribution < -0.4 is 5.32 Å². The monoisotopic (exact) mass is 386 g/mol. The molecule has 2 aromatic rings. The van der Waals surface area contributed by atoms with Crippen molar-refractivity contribution < 1.29 is 24.6 Å². The van der Waals surface area contributed by atoms with Gasteiger partial charge >= 0.3 is 18.0 Å². The van der Waals surface area contributed by atoms with E-state index in [1.807, 2.05) is 56.3 Å². The van der Waals surface area contributed by atoms with Gasteiger partial charge in [-0.05, 0) is 22.3 Å². The molecule has 0 saturated carbocycles. The first-order valence-electron chi connectivity index (χ1n) is 9.24. The van der Waals surface area contributed by atoms with Gasteiger partial charge < -0.3 is 20.4 Å². The van der Waals surface area contributed by atoms with Crippen LogP contribution in [0.3, 0.4) is 0 Å². The predicted molar refractivity (Wildman–Crippen MR) is 106 cm³/mol. The maximum atomic E-state index is 12.6. The summed E-state index contributed by atoms with van der Waals surface area (Å²) in [4.78, 5) is 36.4. The molecule has 2 rings (SSSR count). The predicted octanol–water partition coefficient (Wildman–Crippen LogP) is 2.98. The summed E-state index contributed by atoms with van der Waals surface area (Å²) >= 11 is 0. The lowest BCUT2D eigenvalue weighted by Gasteiger charge is -2.26. The highest BCUT2D eigenvalue weighted by atomic mass is 16.4. The van der Waals surface area contributed by atoms with Crippen molar-refractivity contribution in [3.8, 4) is 0 Å². The number of rotatable bonds is 9. The van der Waals surface area contributed by atoms with E-state index in [1.54, 1.807) is 0 Å². The molecule has 0 spiro atoms. The van der Waals surface area contributed by atoms with Crippen LogP contribution in [0.2, 0.25) is 0 Å². The summed E-state index contributed by atoms with van der Waals surface area (Å²) in [6.45, 7) is 4.19. The Kier molecular flexibility index (Phi) is 7.37. The van der Waals surface area contributed by atoms with Crippen molar-refractivity contribution in [3.63, 3.8) is 0 Å². The lowest BCUT2D eigenvalue weighted by Crippen LogP contribution is -2.50. The summed E-state index contributed by atoms with van der Waals surface area (Å²) in [6, 6.07) is 11.8. The maximum Gasteiger partial charge on any atom is 0.326 e. The topological polar surface area (TPSA) is 107 Å². The largest absolute Gasteiger partial charge is 0.481 e. The van der Waals surface area contributed by atoms with Crippen molar-refractivity contribution in [2.75, 3.05) is 13.1 Å². The molecule has 0 fully saturated rings. The van der Waals surface area contributed by atoms with Crippen LogP contribution in [-0.2, 0) is 16.0 Å². The van der Waals surface area contributed by atoms with Crippen molar-refractivity contribution in [1.82, 2.24) is 10.2 Å². The Morgan fingerprint density at radius 1 is 1.04 bits per heavy atom. The van der Waals surface area contributed by atoms with Gasteiger partial charge in [-0.1, -0.05) is 56.3 Å². The number of carbonyl (C=O) groups excluding carboxylic acids is 1. The lowest BCUT2D eigenvalue weighted by molar-refractivity contribution is -0.139. The van der Waals surface area contributed by atoms with Gasteiger partial charge in [-0.3, -0.25) is 4.79 Å². The summed E-state index contributed by atoms with van der Waals surface area (Å²) in [6.07, 6.45) is -0.0527. The fourth-order valence-corrected chi connectivity index (χ4v) is 2.99. The number of fused-ring (bicyclic) bond motifs is 1. The first kappa shape index (κ1) is 21.2. The highest BCUT2D eigenvalue weighted by molar-refractivity contribution is 5.85. The number of hydrogen-bond acceptors (Lipinski definition) is 3. The fraction of sp³-hybridized carbons (Fsp3) is 0.381. The number of amides is 2. The average molecular weight is 386 g/mol. The molecule has 0 aliphatic rings. The minimum absolute atomic E-state index is 0.0294. The molecule has 2 amide bonds. The van der Waals surface area contributed by atoms with Gasteiger partial charge in [-0.15, -0.1) is 0 Å². The molecular formula is C21H26N2O5. The van der Waals surface area contributed by atoms with Crippen molar-refractivity contribution in [1.29, 1.82) is 0 Å². The van der Waals surface area contributed by atoms with Gasteiger partial charge in [-0.25, -0.2) is 9.59 Å². The minimum Gasteiger partial charge on any atom is -0.481 e. The van der Waals surface area contributed by atoms with Crippen molar-refractivity contribution in [2.24, 2.45) is 5.92 Å². The van der Waals surface area contributed by atoms with Crippen LogP contribution in [-0.4, -0.2) is 52.2 Å². The summed E-state index contributed by atoms with van der Waals surface area (Å²) in [5.41, 5.74) is 0.798. The van der Waals surface area contributed by atoms with E-state index in [9.17, 15) is 19.5 Å². The van der Waals surface area contributed by atoms with Gasteiger partial charge in [0.05, 0.1) is 6.42 Å². The minimum atomic E-state index is -1.13. The SMILES string of the molecule is CC(C)CN(CCC(=O)O)C(=O)NC(Cc1ccc2ccccc2c1)C(=O)O. The quantitative estimate of drug-likeness (QED) is 0.614. The molecule has 0 radical (unpaired) electrons. The molecule has 28 heavy (non-hydrogen) atoms. The third-order valence-corrected chi connectivity index (χ3v) is 4.32. The van der Waals surface area contributed by atoms with Gasteiger partial charge in [0.25, 0.3) is 0 Å². The Bertz CT molecular complexity index is 850. The maximum absolute atomic E-state index is 12.6. The molecule has 7 heteroatoms. The van der Waals surface area contributed by atoms with E-state index in [4.69, 9.17) is 5.11 Å². The number of carboxylic acid groups (broad SMARTS) is 2. The average Bonchev–Trinajstić information content (AvgIpc) is 2.63. The van der Waals surface area contributed by atoms with Crippen molar-refractivity contribution in [2.45, 2.75) is 32.7 Å². The van der Waals surface area contributed by atoms with E-state index in [1.165, 1.54) is 4.90 Å². The Labute approximate surface area is 164 Å². The van der Waals surface area contributed by atoms with E-state index in [0.717, 1.165) is 16.3 Å². The van der Waals surface area contributed by atoms with Crippen LogP contribution in [0.5, 0.6) is 0 Å². The van der Waals surface area contributed by atoms with Gasteiger partial charge in [0, 0.05) is 19.5 Å². The molecule has 7 nitrogen and oxygen atoms in total. The molecule has 0 bridgehead atoms. The molecule has 0 heterocycles. The van der Waals surface area contributed by atoms with Crippen LogP contribution in [0.15, 0.2) is 42.5 Å². The molecule has 1 unspecified atom stereocenters. The molecule has 150 valence electrons. The van der Waals surface area contributed by atoms with Crippen LogP contribution in [0.4, 0.5) is 4.79 Å². The van der Waals surface area contributed by atoms with Gasteiger partial charge in [0.2, 0.25) is 0 Å². The highest BCUT2D eigenvalue weighted by Crippen LogP contribution is 2.17. The summed E-state index contributed by atoms with van der Waals surface area (Å²) in [7, 11) is 0. The zero-order chi connectivity index (χ0) is 20.7. The molecule has 2 aromatic carbocycles. The number of hydrogen-bond donors (Lipinski definition) is 3. The lowest BCUT2D eigenvalue weighted by atomic mass is 10.0. The van der Waals surface area contributed by atoms with Crippen LogP contribution >= 0.6 is 0 Å². The second kappa shape index (κ2) is 9.73. The zero-order valence-corrected chi connectivity index (χ0v) is 16.1. The first-order valence-corrected chi connectivity index (χ1v) is 9.24. The summed E-state index contributed by atoms with van der Waals surface area (Å²) < 4.78 is 0. The van der Waals surface area contributed by atoms with Crippen LogP contribution in [0.1, 0.15) is 25.8 Å². The summed E-state index contributed by atoms with van der Waals surface area (Å²) in [5, 5.41) is 23.0. The van der Waals surface area contributed by atoms with Crippen LogP contribution in [0, 0.1) is 5.92 Å². The molecule has 1 atom stereocenters. The molecule has 0 aliphatic carbocycles. The third-order valence-electron chi connectivity index (χ3n) is 4.32. The van der Waals surface area contributed by atoms with E-state index in [-0.39, 0.29) is 25.3 Å². The molecule has 0 aromatic heterocycles. The zero-order valence-electron chi connectivity index (χ0n) is 16.1. The Balaban J connectivity index is 2.11. The van der Waals surface area contributed by atoms with Crippen LogP contribution in [0.25, 0.3) is 10.8 Å². The Morgan fingerprint density at radius 3 is 2.32 bits per heavy atom. The molecule has 0 aliphatic heterocycles. The highest BCUT2D eigenvalue weighted by Gasteiger charge is 2.24. The molecule has 3 N–H and O–H groups in total. The number of carboxylic acids is 2. The second-order valence-electron chi connectivity index (χ2n) is 7.21. The Hall–Kier alpha value is -3.09. The van der Waals surface area contributed by atoms with Gasteiger partial charge in [0.1, 0.15) is 6.04 Å². The first-order chi connectivity index (χ1) is 13.3. The number of carbonyl (C=O) groups is 3. The number of nitrogens with one attached hydrogen (secondary N) is 1. The number of benzene rings is 2. The standard InChI is InChI=1S/C21H26N2O5/c1-14(2)13-23(10-9-19(24)25)21(28)22-18(20(26)27)12-15-7-8-16-5-3-4-6-17(16)11-15/h3-8,11,14,18H,9-10,12-13H2,1-2H3,(H,22,28)(H,24,25)(H,26,27).